The van der Waals surface area contributed by atoms with E-state index in [1.807, 2.05) is 0 Å². The van der Waals surface area contributed by atoms with Crippen LogP contribution in [0.4, 0.5) is 0 Å². The first-order valence-electron chi connectivity index (χ1n) is 6.86. The Morgan fingerprint density at radius 1 is 0.867 bits per heavy atom. The molecule has 2 nitrogen and oxygen atoms in total. The molecule has 15 heavy (non-hydrogen) atoms. The highest BCUT2D eigenvalue weighted by molar-refractivity contribution is 4.84. The first kappa shape index (κ1) is 11.4. The maximum Gasteiger partial charge on any atom is 0.0135 e. The van der Waals surface area contributed by atoms with Gasteiger partial charge >= 0.3 is 0 Å². The van der Waals surface area contributed by atoms with Gasteiger partial charge in [-0.15, -0.1) is 0 Å². The summed E-state index contributed by atoms with van der Waals surface area (Å²) in [5.74, 6) is 0.789. The van der Waals surface area contributed by atoms with Gasteiger partial charge in [0.15, 0.2) is 0 Å². The summed E-state index contributed by atoms with van der Waals surface area (Å²) in [6.45, 7) is 3.57. The monoisotopic (exact) mass is 210 g/mol. The van der Waals surface area contributed by atoms with Gasteiger partial charge in [-0.05, 0) is 51.2 Å². The van der Waals surface area contributed by atoms with Crippen LogP contribution in [0.25, 0.3) is 0 Å². The topological polar surface area (TPSA) is 29.3 Å². The van der Waals surface area contributed by atoms with Crippen LogP contribution in [0.5, 0.6) is 0 Å². The number of hydrogen-bond donors (Lipinski definition) is 1. The molecule has 1 saturated heterocycles. The van der Waals surface area contributed by atoms with Crippen LogP contribution < -0.4 is 5.73 Å². The zero-order valence-corrected chi connectivity index (χ0v) is 9.96. The average Bonchev–Trinajstić information content (AvgIpc) is 2.57. The van der Waals surface area contributed by atoms with Crippen molar-refractivity contribution >= 4 is 0 Å². The molecule has 1 heterocycles. The minimum atomic E-state index is 0.789. The molecule has 2 unspecified atom stereocenters. The summed E-state index contributed by atoms with van der Waals surface area (Å²) in [6, 6.07) is 0.821. The van der Waals surface area contributed by atoms with E-state index in [9.17, 15) is 0 Å². The highest BCUT2D eigenvalue weighted by Gasteiger charge is 2.29. The molecular weight excluding hydrogens is 184 g/mol. The molecule has 0 amide bonds. The number of nitrogens with two attached hydrogens (primary N) is 1. The van der Waals surface area contributed by atoms with Crippen molar-refractivity contribution in [2.75, 3.05) is 19.6 Å². The normalized spacial score (nSPS) is 35.0. The van der Waals surface area contributed by atoms with Gasteiger partial charge in [-0.2, -0.15) is 0 Å². The third-order valence-corrected chi connectivity index (χ3v) is 4.28. The Balaban J connectivity index is 1.92. The molecule has 1 aliphatic heterocycles. The lowest BCUT2D eigenvalue weighted by Gasteiger charge is -2.39. The Hall–Kier alpha value is -0.0800. The zero-order chi connectivity index (χ0) is 10.5. The van der Waals surface area contributed by atoms with Crippen molar-refractivity contribution in [2.24, 2.45) is 11.7 Å². The summed E-state index contributed by atoms with van der Waals surface area (Å²) in [6.07, 6.45) is 11.3. The molecule has 88 valence electrons. The van der Waals surface area contributed by atoms with Crippen LogP contribution in [0, 0.1) is 5.92 Å². The SMILES string of the molecule is NCC1CCCCC1N1CCCCCC1. The standard InChI is InChI=1S/C13H26N2/c14-11-12-7-3-4-8-13(12)15-9-5-1-2-6-10-15/h12-13H,1-11,14H2. The first-order valence-corrected chi connectivity index (χ1v) is 6.86. The molecule has 2 rings (SSSR count). The maximum atomic E-state index is 5.91. The number of rotatable bonds is 2. The van der Waals surface area contributed by atoms with E-state index in [4.69, 9.17) is 5.73 Å². The molecule has 2 heteroatoms. The van der Waals surface area contributed by atoms with Gasteiger partial charge < -0.3 is 10.6 Å². The fourth-order valence-corrected chi connectivity index (χ4v) is 3.37. The van der Waals surface area contributed by atoms with Gasteiger partial charge in [-0.25, -0.2) is 0 Å². The van der Waals surface area contributed by atoms with Gasteiger partial charge in [0.1, 0.15) is 0 Å². The summed E-state index contributed by atoms with van der Waals surface area (Å²) in [7, 11) is 0. The molecule has 0 aromatic rings. The van der Waals surface area contributed by atoms with Crippen molar-refractivity contribution in [1.29, 1.82) is 0 Å². The number of nitrogens with zero attached hydrogens (tertiary/aromatic N) is 1. The van der Waals surface area contributed by atoms with Gasteiger partial charge in [0, 0.05) is 6.04 Å². The molecule has 1 aliphatic carbocycles. The van der Waals surface area contributed by atoms with Crippen LogP contribution in [-0.2, 0) is 0 Å². The Labute approximate surface area is 94.2 Å². The van der Waals surface area contributed by atoms with E-state index in [1.165, 1.54) is 64.5 Å². The van der Waals surface area contributed by atoms with Crippen molar-refractivity contribution < 1.29 is 0 Å². The summed E-state index contributed by atoms with van der Waals surface area (Å²) in [4.78, 5) is 2.75. The summed E-state index contributed by atoms with van der Waals surface area (Å²) in [5, 5.41) is 0. The summed E-state index contributed by atoms with van der Waals surface area (Å²) < 4.78 is 0. The van der Waals surface area contributed by atoms with E-state index in [2.05, 4.69) is 4.90 Å². The van der Waals surface area contributed by atoms with Gasteiger partial charge in [0.05, 0.1) is 0 Å². The fraction of sp³-hybridized carbons (Fsp3) is 1.00. The zero-order valence-electron chi connectivity index (χ0n) is 9.96. The fourth-order valence-electron chi connectivity index (χ4n) is 3.37. The Kier molecular flexibility index (Phi) is 4.45. The molecule has 0 spiro atoms. The second kappa shape index (κ2) is 5.86. The second-order valence-electron chi connectivity index (χ2n) is 5.30. The third kappa shape index (κ3) is 2.94. The molecule has 0 aromatic carbocycles. The highest BCUT2D eigenvalue weighted by atomic mass is 15.2. The van der Waals surface area contributed by atoms with E-state index in [0.717, 1.165) is 18.5 Å². The summed E-state index contributed by atoms with van der Waals surface area (Å²) >= 11 is 0. The van der Waals surface area contributed by atoms with Gasteiger partial charge in [-0.1, -0.05) is 25.7 Å². The van der Waals surface area contributed by atoms with Crippen LogP contribution in [0.3, 0.4) is 0 Å². The van der Waals surface area contributed by atoms with E-state index in [-0.39, 0.29) is 0 Å². The predicted molar refractivity (Wildman–Crippen MR) is 64.8 cm³/mol. The van der Waals surface area contributed by atoms with Gasteiger partial charge in [-0.3, -0.25) is 0 Å². The Morgan fingerprint density at radius 3 is 2.20 bits per heavy atom. The highest BCUT2D eigenvalue weighted by Crippen LogP contribution is 2.29. The molecule has 0 bridgehead atoms. The Morgan fingerprint density at radius 2 is 1.53 bits per heavy atom. The quantitative estimate of drug-likeness (QED) is 0.758. The van der Waals surface area contributed by atoms with Crippen molar-refractivity contribution in [3.05, 3.63) is 0 Å². The van der Waals surface area contributed by atoms with Crippen LogP contribution in [0.2, 0.25) is 0 Å². The van der Waals surface area contributed by atoms with E-state index >= 15 is 0 Å². The van der Waals surface area contributed by atoms with Crippen LogP contribution >= 0.6 is 0 Å². The second-order valence-corrected chi connectivity index (χ2v) is 5.30. The molecule has 2 aliphatic rings. The van der Waals surface area contributed by atoms with Crippen LogP contribution in [0.15, 0.2) is 0 Å². The minimum absolute atomic E-state index is 0.789. The van der Waals surface area contributed by atoms with Crippen LogP contribution in [0.1, 0.15) is 51.4 Å². The van der Waals surface area contributed by atoms with Gasteiger partial charge in [0.25, 0.3) is 0 Å². The molecule has 0 aromatic heterocycles. The van der Waals surface area contributed by atoms with E-state index < -0.39 is 0 Å². The van der Waals surface area contributed by atoms with Gasteiger partial charge in [0.2, 0.25) is 0 Å². The molecular formula is C13H26N2. The van der Waals surface area contributed by atoms with E-state index in [0.29, 0.717) is 0 Å². The lowest BCUT2D eigenvalue weighted by molar-refractivity contribution is 0.111. The predicted octanol–water partition coefficient (Wildman–Crippen LogP) is 2.38. The minimum Gasteiger partial charge on any atom is -0.330 e. The van der Waals surface area contributed by atoms with Crippen molar-refractivity contribution in [3.8, 4) is 0 Å². The lowest BCUT2D eigenvalue weighted by Crippen LogP contribution is -2.45. The smallest absolute Gasteiger partial charge is 0.0135 e. The van der Waals surface area contributed by atoms with Crippen molar-refractivity contribution in [3.63, 3.8) is 0 Å². The first-order chi connectivity index (χ1) is 7.42. The van der Waals surface area contributed by atoms with Crippen molar-refractivity contribution in [2.45, 2.75) is 57.4 Å². The maximum absolute atomic E-state index is 5.91. The van der Waals surface area contributed by atoms with E-state index in [1.54, 1.807) is 0 Å². The largest absolute Gasteiger partial charge is 0.330 e. The number of likely N-dealkylation sites (tertiary alicyclic amines) is 1. The average molecular weight is 210 g/mol. The van der Waals surface area contributed by atoms with Crippen LogP contribution in [-0.4, -0.2) is 30.6 Å². The third-order valence-electron chi connectivity index (χ3n) is 4.28. The molecule has 2 fully saturated rings. The van der Waals surface area contributed by atoms with Crippen molar-refractivity contribution in [1.82, 2.24) is 4.90 Å². The lowest BCUT2D eigenvalue weighted by atomic mass is 9.83. The molecule has 2 atom stereocenters. The molecule has 2 N–H and O–H groups in total. The Bertz CT molecular complexity index is 173. The molecule has 1 saturated carbocycles. The summed E-state index contributed by atoms with van der Waals surface area (Å²) in [5.41, 5.74) is 5.91. The molecule has 0 radical (unpaired) electrons. The number of hydrogen-bond acceptors (Lipinski definition) is 2.